The average molecular weight is 209 g/mol. The van der Waals surface area contributed by atoms with Gasteiger partial charge in [-0.25, -0.2) is 8.78 Å². The largest absolute Gasteiger partial charge is 0.467 e. The van der Waals surface area contributed by atoms with Crippen molar-refractivity contribution in [1.29, 1.82) is 0 Å². The lowest BCUT2D eigenvalue weighted by molar-refractivity contribution is 0.517. The van der Waals surface area contributed by atoms with Crippen molar-refractivity contribution in [3.8, 4) is 0 Å². The molecule has 0 radical (unpaired) electrons. The van der Waals surface area contributed by atoms with E-state index < -0.39 is 11.6 Å². The van der Waals surface area contributed by atoms with E-state index in [1.165, 1.54) is 6.26 Å². The van der Waals surface area contributed by atoms with Crippen LogP contribution in [0.15, 0.2) is 41.0 Å². The van der Waals surface area contributed by atoms with Gasteiger partial charge in [0.1, 0.15) is 17.4 Å². The summed E-state index contributed by atoms with van der Waals surface area (Å²) in [7, 11) is 0. The molecule has 4 heteroatoms. The highest BCUT2D eigenvalue weighted by Gasteiger charge is 2.03. The lowest BCUT2D eigenvalue weighted by atomic mass is 10.3. The summed E-state index contributed by atoms with van der Waals surface area (Å²) >= 11 is 0. The summed E-state index contributed by atoms with van der Waals surface area (Å²) in [6.45, 7) is 0.327. The average Bonchev–Trinajstić information content (AvgIpc) is 2.72. The van der Waals surface area contributed by atoms with E-state index >= 15 is 0 Å². The van der Waals surface area contributed by atoms with Gasteiger partial charge in [0.15, 0.2) is 0 Å². The molecule has 0 bridgehead atoms. The molecule has 2 nitrogen and oxygen atoms in total. The monoisotopic (exact) mass is 209 g/mol. The Morgan fingerprint density at radius 2 is 2.07 bits per heavy atom. The number of anilines is 1. The molecule has 0 atom stereocenters. The standard InChI is InChI=1S/C11H9F2NO/c12-8-3-4-10(13)11(6-8)14-7-9-2-1-5-15-9/h1-6,14H,7H2. The highest BCUT2D eigenvalue weighted by molar-refractivity contribution is 5.44. The SMILES string of the molecule is Fc1ccc(F)c(NCc2ccco2)c1. The molecule has 78 valence electrons. The first-order valence-corrected chi connectivity index (χ1v) is 4.47. The lowest BCUT2D eigenvalue weighted by Crippen LogP contribution is -2.00. The van der Waals surface area contributed by atoms with Crippen LogP contribution in [0.3, 0.4) is 0 Å². The first-order valence-electron chi connectivity index (χ1n) is 4.47. The molecule has 2 aromatic rings. The molecular weight excluding hydrogens is 200 g/mol. The Hall–Kier alpha value is -1.84. The highest BCUT2D eigenvalue weighted by Crippen LogP contribution is 2.16. The molecule has 0 amide bonds. The summed E-state index contributed by atoms with van der Waals surface area (Å²) in [6.07, 6.45) is 1.53. The van der Waals surface area contributed by atoms with Gasteiger partial charge in [0.05, 0.1) is 18.5 Å². The Balaban J connectivity index is 2.07. The number of hydrogen-bond donors (Lipinski definition) is 1. The molecule has 0 unspecified atom stereocenters. The summed E-state index contributed by atoms with van der Waals surface area (Å²) in [5.74, 6) is -0.292. The van der Waals surface area contributed by atoms with E-state index in [-0.39, 0.29) is 5.69 Å². The van der Waals surface area contributed by atoms with Gasteiger partial charge < -0.3 is 9.73 Å². The Morgan fingerprint density at radius 1 is 1.20 bits per heavy atom. The van der Waals surface area contributed by atoms with Crippen molar-refractivity contribution in [2.24, 2.45) is 0 Å². The van der Waals surface area contributed by atoms with Crippen LogP contribution in [-0.4, -0.2) is 0 Å². The van der Waals surface area contributed by atoms with Crippen LogP contribution in [0.2, 0.25) is 0 Å². The molecule has 0 fully saturated rings. The minimum Gasteiger partial charge on any atom is -0.467 e. The third-order valence-electron chi connectivity index (χ3n) is 1.96. The van der Waals surface area contributed by atoms with Crippen LogP contribution in [0.25, 0.3) is 0 Å². The highest BCUT2D eigenvalue weighted by atomic mass is 19.1. The second-order valence-corrected chi connectivity index (χ2v) is 3.06. The molecule has 0 aliphatic carbocycles. The fourth-order valence-electron chi connectivity index (χ4n) is 1.23. The normalized spacial score (nSPS) is 10.3. The smallest absolute Gasteiger partial charge is 0.146 e. The van der Waals surface area contributed by atoms with Crippen molar-refractivity contribution < 1.29 is 13.2 Å². The van der Waals surface area contributed by atoms with E-state index in [2.05, 4.69) is 5.32 Å². The van der Waals surface area contributed by atoms with Crippen molar-refractivity contribution in [2.45, 2.75) is 6.54 Å². The maximum Gasteiger partial charge on any atom is 0.146 e. The van der Waals surface area contributed by atoms with Gasteiger partial charge >= 0.3 is 0 Å². The number of rotatable bonds is 3. The molecule has 0 aliphatic heterocycles. The third kappa shape index (κ3) is 2.34. The molecule has 0 saturated heterocycles. The second kappa shape index (κ2) is 4.13. The van der Waals surface area contributed by atoms with Gasteiger partial charge in [0.2, 0.25) is 0 Å². The molecule has 2 rings (SSSR count). The maximum absolute atomic E-state index is 13.1. The van der Waals surface area contributed by atoms with Crippen LogP contribution in [0.4, 0.5) is 14.5 Å². The Bertz CT molecular complexity index is 440. The number of furan rings is 1. The molecule has 1 aromatic heterocycles. The summed E-state index contributed by atoms with van der Waals surface area (Å²) in [6, 6.07) is 6.76. The van der Waals surface area contributed by atoms with Gasteiger partial charge in [-0.2, -0.15) is 0 Å². The summed E-state index contributed by atoms with van der Waals surface area (Å²) in [5, 5.41) is 2.75. The Labute approximate surface area is 85.5 Å². The Morgan fingerprint density at radius 3 is 2.80 bits per heavy atom. The molecule has 0 aliphatic rings. The molecule has 15 heavy (non-hydrogen) atoms. The predicted molar refractivity (Wildman–Crippen MR) is 52.4 cm³/mol. The molecule has 0 saturated carbocycles. The van der Waals surface area contributed by atoms with Crippen LogP contribution >= 0.6 is 0 Å². The number of halogens is 2. The van der Waals surface area contributed by atoms with Crippen molar-refractivity contribution in [1.82, 2.24) is 0 Å². The lowest BCUT2D eigenvalue weighted by Gasteiger charge is -2.05. The number of benzene rings is 1. The van der Waals surface area contributed by atoms with Crippen LogP contribution in [0.1, 0.15) is 5.76 Å². The minimum absolute atomic E-state index is 0.131. The van der Waals surface area contributed by atoms with E-state index in [4.69, 9.17) is 4.42 Å². The molecular formula is C11H9F2NO. The van der Waals surface area contributed by atoms with E-state index in [1.54, 1.807) is 12.1 Å². The Kier molecular flexibility index (Phi) is 2.67. The third-order valence-corrected chi connectivity index (χ3v) is 1.96. The minimum atomic E-state index is -0.483. The zero-order valence-corrected chi connectivity index (χ0v) is 7.84. The van der Waals surface area contributed by atoms with Gasteiger partial charge in [-0.05, 0) is 30.3 Å². The van der Waals surface area contributed by atoms with Gasteiger partial charge in [-0.3, -0.25) is 0 Å². The van der Waals surface area contributed by atoms with Crippen molar-refractivity contribution in [3.63, 3.8) is 0 Å². The predicted octanol–water partition coefficient (Wildman–Crippen LogP) is 3.17. The quantitative estimate of drug-likeness (QED) is 0.839. The fourth-order valence-corrected chi connectivity index (χ4v) is 1.23. The number of hydrogen-bond acceptors (Lipinski definition) is 2. The van der Waals surface area contributed by atoms with E-state index in [9.17, 15) is 8.78 Å². The molecule has 1 N–H and O–H groups in total. The van der Waals surface area contributed by atoms with Gasteiger partial charge in [-0.1, -0.05) is 0 Å². The number of nitrogens with one attached hydrogen (secondary N) is 1. The zero-order valence-electron chi connectivity index (χ0n) is 7.84. The van der Waals surface area contributed by atoms with Gasteiger partial charge in [0, 0.05) is 0 Å². The van der Waals surface area contributed by atoms with E-state index in [0.717, 1.165) is 18.2 Å². The first-order chi connectivity index (χ1) is 7.25. The molecule has 1 heterocycles. The molecule has 0 spiro atoms. The van der Waals surface area contributed by atoms with Crippen LogP contribution in [0.5, 0.6) is 0 Å². The maximum atomic E-state index is 13.1. The van der Waals surface area contributed by atoms with Gasteiger partial charge in [0.25, 0.3) is 0 Å². The van der Waals surface area contributed by atoms with Crippen LogP contribution < -0.4 is 5.32 Å². The summed E-state index contributed by atoms with van der Waals surface area (Å²) < 4.78 is 31.0. The summed E-state index contributed by atoms with van der Waals surface area (Å²) in [4.78, 5) is 0. The topological polar surface area (TPSA) is 25.2 Å². The van der Waals surface area contributed by atoms with E-state index in [0.29, 0.717) is 12.3 Å². The van der Waals surface area contributed by atoms with Gasteiger partial charge in [-0.15, -0.1) is 0 Å². The van der Waals surface area contributed by atoms with E-state index in [1.807, 2.05) is 0 Å². The van der Waals surface area contributed by atoms with Crippen LogP contribution in [0, 0.1) is 11.6 Å². The van der Waals surface area contributed by atoms with Crippen LogP contribution in [-0.2, 0) is 6.54 Å². The molecule has 1 aromatic carbocycles. The fraction of sp³-hybridized carbons (Fsp3) is 0.0909. The van der Waals surface area contributed by atoms with Crippen molar-refractivity contribution >= 4 is 5.69 Å². The van der Waals surface area contributed by atoms with Crippen molar-refractivity contribution in [3.05, 3.63) is 54.0 Å². The second-order valence-electron chi connectivity index (χ2n) is 3.06. The zero-order chi connectivity index (χ0) is 10.7. The first kappa shape index (κ1) is 9.71. The van der Waals surface area contributed by atoms with Crippen molar-refractivity contribution in [2.75, 3.05) is 5.32 Å². The summed E-state index contributed by atoms with van der Waals surface area (Å²) in [5.41, 5.74) is 0.131.